The second kappa shape index (κ2) is 9.77. The van der Waals surface area contributed by atoms with Crippen LogP contribution in [0.4, 0.5) is 0 Å². The SMILES string of the molecule is c1ccc(-c2cc(-c3ccc(-c4nc5ccccc5c5c4sc4ccccc45)cc3)nc(-c3ccccc3)n2)cc1. The summed E-state index contributed by atoms with van der Waals surface area (Å²) in [5.74, 6) is 0.717. The first-order valence-corrected chi connectivity index (χ1v) is 14.4. The average molecular weight is 542 g/mol. The van der Waals surface area contributed by atoms with Crippen LogP contribution in [0.3, 0.4) is 0 Å². The number of aromatic nitrogens is 3. The van der Waals surface area contributed by atoms with Crippen molar-refractivity contribution in [3.8, 4) is 45.2 Å². The summed E-state index contributed by atoms with van der Waals surface area (Å²) >= 11 is 1.81. The van der Waals surface area contributed by atoms with E-state index in [2.05, 4.69) is 103 Å². The van der Waals surface area contributed by atoms with Gasteiger partial charge in [0.05, 0.1) is 27.3 Å². The molecule has 0 aliphatic heterocycles. The zero-order valence-electron chi connectivity index (χ0n) is 22.0. The summed E-state index contributed by atoms with van der Waals surface area (Å²) in [4.78, 5) is 15.1. The van der Waals surface area contributed by atoms with Crippen LogP contribution in [0.25, 0.3) is 76.2 Å². The van der Waals surface area contributed by atoms with Gasteiger partial charge in [0.1, 0.15) is 0 Å². The lowest BCUT2D eigenvalue weighted by atomic mass is 10.0. The number of para-hydroxylation sites is 1. The molecule has 0 saturated heterocycles. The van der Waals surface area contributed by atoms with E-state index in [-0.39, 0.29) is 0 Å². The van der Waals surface area contributed by atoms with Crippen molar-refractivity contribution in [2.24, 2.45) is 0 Å². The maximum atomic E-state index is 5.16. The molecule has 0 aliphatic carbocycles. The molecule has 8 aromatic rings. The van der Waals surface area contributed by atoms with E-state index in [1.165, 1.54) is 25.6 Å². The lowest BCUT2D eigenvalue weighted by Crippen LogP contribution is -1.96. The van der Waals surface area contributed by atoms with Crippen molar-refractivity contribution in [2.75, 3.05) is 0 Å². The molecule has 4 heteroatoms. The number of benzene rings is 5. The van der Waals surface area contributed by atoms with E-state index < -0.39 is 0 Å². The van der Waals surface area contributed by atoms with Gasteiger partial charge < -0.3 is 0 Å². The van der Waals surface area contributed by atoms with Crippen molar-refractivity contribution in [2.45, 2.75) is 0 Å². The average Bonchev–Trinajstić information content (AvgIpc) is 3.45. The lowest BCUT2D eigenvalue weighted by Gasteiger charge is -2.11. The molecule has 0 saturated carbocycles. The number of pyridine rings is 1. The summed E-state index contributed by atoms with van der Waals surface area (Å²) in [5, 5.41) is 3.76. The van der Waals surface area contributed by atoms with Crippen LogP contribution in [0, 0.1) is 0 Å². The Kier molecular flexibility index (Phi) is 5.64. The summed E-state index contributed by atoms with van der Waals surface area (Å²) < 4.78 is 2.50. The number of rotatable bonds is 4. The smallest absolute Gasteiger partial charge is 0.160 e. The predicted octanol–water partition coefficient (Wildman–Crippen LogP) is 10.1. The lowest BCUT2D eigenvalue weighted by molar-refractivity contribution is 1.18. The highest BCUT2D eigenvalue weighted by Crippen LogP contribution is 2.42. The minimum Gasteiger partial charge on any atom is -0.246 e. The molecule has 3 heterocycles. The summed E-state index contributed by atoms with van der Waals surface area (Å²) in [5.41, 5.74) is 8.02. The van der Waals surface area contributed by atoms with Crippen molar-refractivity contribution < 1.29 is 0 Å². The van der Waals surface area contributed by atoms with Crippen molar-refractivity contribution in [3.63, 3.8) is 0 Å². The Balaban J connectivity index is 1.28. The van der Waals surface area contributed by atoms with Gasteiger partial charge in [0.2, 0.25) is 0 Å². The molecule has 0 unspecified atom stereocenters. The molecule has 0 radical (unpaired) electrons. The molecule has 3 nitrogen and oxygen atoms in total. The van der Waals surface area contributed by atoms with Crippen LogP contribution in [0.15, 0.2) is 140 Å². The Morgan fingerprint density at radius 3 is 1.73 bits per heavy atom. The van der Waals surface area contributed by atoms with Crippen LogP contribution >= 0.6 is 11.3 Å². The van der Waals surface area contributed by atoms with Crippen LogP contribution in [-0.2, 0) is 0 Å². The predicted molar refractivity (Wildman–Crippen MR) is 172 cm³/mol. The van der Waals surface area contributed by atoms with E-state index in [1.54, 1.807) is 0 Å². The Bertz CT molecular complexity index is 2130. The highest BCUT2D eigenvalue weighted by atomic mass is 32.1. The number of hydrogen-bond donors (Lipinski definition) is 0. The summed E-state index contributed by atoms with van der Waals surface area (Å²) in [6.07, 6.45) is 0. The molecule has 3 aromatic heterocycles. The van der Waals surface area contributed by atoms with Gasteiger partial charge >= 0.3 is 0 Å². The molecule has 0 fully saturated rings. The fourth-order valence-corrected chi connectivity index (χ4v) is 6.72. The van der Waals surface area contributed by atoms with E-state index in [0.29, 0.717) is 5.82 Å². The third kappa shape index (κ3) is 4.17. The van der Waals surface area contributed by atoms with E-state index in [9.17, 15) is 0 Å². The van der Waals surface area contributed by atoms with Crippen molar-refractivity contribution >= 4 is 42.4 Å². The molecule has 0 bridgehead atoms. The monoisotopic (exact) mass is 541 g/mol. The second-order valence-electron chi connectivity index (χ2n) is 10.1. The van der Waals surface area contributed by atoms with Gasteiger partial charge in [-0.25, -0.2) is 15.0 Å². The number of nitrogens with zero attached hydrogens (tertiary/aromatic N) is 3. The Hall–Kier alpha value is -5.19. The Morgan fingerprint density at radius 1 is 0.439 bits per heavy atom. The molecular weight excluding hydrogens is 518 g/mol. The molecular formula is C37H23N3S. The minimum absolute atomic E-state index is 0.717. The van der Waals surface area contributed by atoms with E-state index in [0.717, 1.165) is 44.9 Å². The van der Waals surface area contributed by atoms with E-state index >= 15 is 0 Å². The molecule has 0 amide bonds. The highest BCUT2D eigenvalue weighted by Gasteiger charge is 2.16. The zero-order chi connectivity index (χ0) is 27.2. The van der Waals surface area contributed by atoms with E-state index in [4.69, 9.17) is 15.0 Å². The minimum atomic E-state index is 0.717. The topological polar surface area (TPSA) is 38.7 Å². The second-order valence-corrected chi connectivity index (χ2v) is 11.1. The van der Waals surface area contributed by atoms with Gasteiger partial charge in [0, 0.05) is 43.1 Å². The fourth-order valence-electron chi connectivity index (χ4n) is 5.50. The molecule has 192 valence electrons. The van der Waals surface area contributed by atoms with Crippen LogP contribution in [0.2, 0.25) is 0 Å². The van der Waals surface area contributed by atoms with Crippen LogP contribution in [0.1, 0.15) is 0 Å². The largest absolute Gasteiger partial charge is 0.246 e. The molecule has 41 heavy (non-hydrogen) atoms. The van der Waals surface area contributed by atoms with Crippen molar-refractivity contribution in [3.05, 3.63) is 140 Å². The van der Waals surface area contributed by atoms with E-state index in [1.807, 2.05) is 47.7 Å². The number of fused-ring (bicyclic) bond motifs is 5. The van der Waals surface area contributed by atoms with Crippen LogP contribution in [0.5, 0.6) is 0 Å². The molecule has 0 atom stereocenters. The van der Waals surface area contributed by atoms with Gasteiger partial charge in [-0.3, -0.25) is 0 Å². The van der Waals surface area contributed by atoms with Crippen molar-refractivity contribution in [1.82, 2.24) is 15.0 Å². The van der Waals surface area contributed by atoms with Crippen LogP contribution in [-0.4, -0.2) is 15.0 Å². The third-order valence-electron chi connectivity index (χ3n) is 7.50. The Morgan fingerprint density at radius 2 is 1.00 bits per heavy atom. The maximum Gasteiger partial charge on any atom is 0.160 e. The summed E-state index contributed by atoms with van der Waals surface area (Å²) in [7, 11) is 0. The van der Waals surface area contributed by atoms with Crippen LogP contribution < -0.4 is 0 Å². The first-order valence-electron chi connectivity index (χ1n) is 13.6. The maximum absolute atomic E-state index is 5.16. The zero-order valence-corrected chi connectivity index (χ0v) is 22.8. The van der Waals surface area contributed by atoms with Gasteiger partial charge in [-0.05, 0) is 18.2 Å². The first kappa shape index (κ1) is 23.7. The number of hydrogen-bond acceptors (Lipinski definition) is 4. The van der Waals surface area contributed by atoms with Gasteiger partial charge in [0.15, 0.2) is 5.82 Å². The number of thiophene rings is 1. The summed E-state index contributed by atoms with van der Waals surface area (Å²) in [6.45, 7) is 0. The first-order chi connectivity index (χ1) is 20.3. The fraction of sp³-hybridized carbons (Fsp3) is 0. The third-order valence-corrected chi connectivity index (χ3v) is 8.68. The van der Waals surface area contributed by atoms with Crippen molar-refractivity contribution in [1.29, 1.82) is 0 Å². The Labute approximate surface area is 241 Å². The van der Waals surface area contributed by atoms with Gasteiger partial charge in [-0.15, -0.1) is 11.3 Å². The van der Waals surface area contributed by atoms with Gasteiger partial charge in [0.25, 0.3) is 0 Å². The normalized spacial score (nSPS) is 11.4. The standard InChI is InChI=1S/C37H23N3S/c1-3-11-24(12-4-1)31-23-32(40-37(39-31)27-13-5-2-6-14-27)25-19-21-26(22-20-25)35-36-34(28-15-7-9-17-30(28)38-35)29-16-8-10-18-33(29)41-36/h1-23H. The summed E-state index contributed by atoms with van der Waals surface area (Å²) in [6, 6.07) is 48.3. The molecule has 0 spiro atoms. The molecule has 5 aromatic carbocycles. The van der Waals surface area contributed by atoms with Gasteiger partial charge in [-0.1, -0.05) is 121 Å². The molecule has 8 rings (SSSR count). The molecule has 0 N–H and O–H groups in total. The quantitative estimate of drug-likeness (QED) is 0.222. The molecule has 0 aliphatic rings. The highest BCUT2D eigenvalue weighted by molar-refractivity contribution is 7.26. The van der Waals surface area contributed by atoms with Gasteiger partial charge in [-0.2, -0.15) is 0 Å².